The van der Waals surface area contributed by atoms with Crippen LogP contribution in [0.4, 0.5) is 0 Å². The van der Waals surface area contributed by atoms with Crippen LogP contribution in [0.1, 0.15) is 14.3 Å². The maximum absolute atomic E-state index is 10.5. The third-order valence-corrected chi connectivity index (χ3v) is 1.72. The molecule has 0 saturated heterocycles. The summed E-state index contributed by atoms with van der Waals surface area (Å²) in [4.78, 5) is 21.1. The molecule has 0 heterocycles. The van der Waals surface area contributed by atoms with E-state index in [1.165, 1.54) is 0 Å². The predicted octanol–water partition coefficient (Wildman–Crippen LogP) is -4.42. The molecule has 0 aliphatic carbocycles. The van der Waals surface area contributed by atoms with Gasteiger partial charge in [-0.15, -0.1) is 0 Å². The van der Waals surface area contributed by atoms with Crippen molar-refractivity contribution in [3.63, 3.8) is 0 Å². The summed E-state index contributed by atoms with van der Waals surface area (Å²) >= 11 is 0. The largest absolute Gasteiger partial charge is 1.00 e. The van der Waals surface area contributed by atoms with E-state index in [2.05, 4.69) is 8.37 Å². The third kappa shape index (κ3) is 13.7. The van der Waals surface area contributed by atoms with Crippen LogP contribution in [-0.4, -0.2) is 37.9 Å². The number of rotatable bonds is 5. The maximum Gasteiger partial charge on any atom is 1.00 e. The van der Waals surface area contributed by atoms with E-state index in [-0.39, 0.29) is 31.0 Å². The summed E-state index contributed by atoms with van der Waals surface area (Å²) in [7, 11) is -9.95. The first-order chi connectivity index (χ1) is 6.99. The van der Waals surface area contributed by atoms with Gasteiger partial charge in [-0.05, 0) is 0 Å². The Hall–Kier alpha value is -0.240. The van der Waals surface area contributed by atoms with Crippen LogP contribution in [-0.2, 0) is 38.8 Å². The Labute approximate surface area is 120 Å². The van der Waals surface area contributed by atoms with Crippen LogP contribution in [0.3, 0.4) is 0 Å². The van der Waals surface area contributed by atoms with Crippen molar-refractivity contribution < 1.29 is 74.9 Å². The Balaban J connectivity index is -0.00000112. The Bertz CT molecular complexity index is 434. The van der Waals surface area contributed by atoms with Crippen LogP contribution in [0.2, 0.25) is 0 Å². The van der Waals surface area contributed by atoms with E-state index in [4.69, 9.17) is 9.11 Å². The zero-order valence-corrected chi connectivity index (χ0v) is 12.0. The van der Waals surface area contributed by atoms with Gasteiger partial charge in [0.15, 0.2) is 0 Å². The van der Waals surface area contributed by atoms with Gasteiger partial charge in [0, 0.05) is 0 Å². The van der Waals surface area contributed by atoms with Gasteiger partial charge in [0.05, 0.1) is 12.8 Å². The second-order valence-corrected chi connectivity index (χ2v) is 4.31. The molecule has 0 fully saturated rings. The minimum absolute atomic E-state index is 0. The van der Waals surface area contributed by atoms with Crippen LogP contribution in [0, 0.1) is 0 Å². The van der Waals surface area contributed by atoms with Gasteiger partial charge in [-0.3, -0.25) is 18.7 Å². The van der Waals surface area contributed by atoms with Crippen molar-refractivity contribution in [2.75, 3.05) is 0 Å². The molecule has 0 aromatic rings. The first-order valence-electron chi connectivity index (χ1n) is 3.39. The molecule has 10 nitrogen and oxygen atoms in total. The molecule has 96 valence electrons. The SMILES string of the molecule is O=C(CCC(=O)OS(=O)(=O)O)OS(=O)(=O)O.[H-].[Na+]. The number of hydrogen-bond donors (Lipinski definition) is 2. The van der Waals surface area contributed by atoms with Gasteiger partial charge in [-0.1, -0.05) is 0 Å². The predicted molar refractivity (Wildman–Crippen MR) is 45.6 cm³/mol. The smallest absolute Gasteiger partial charge is 1.00 e. The Morgan fingerprint density at radius 2 is 1.12 bits per heavy atom. The molecule has 0 aromatic carbocycles. The fourth-order valence-corrected chi connectivity index (χ4v) is 1.16. The Kier molecular flexibility index (Phi) is 8.15. The first-order valence-corrected chi connectivity index (χ1v) is 6.12. The summed E-state index contributed by atoms with van der Waals surface area (Å²) in [6.45, 7) is 0. The van der Waals surface area contributed by atoms with E-state index in [0.29, 0.717) is 0 Å². The van der Waals surface area contributed by atoms with Crippen molar-refractivity contribution in [2.45, 2.75) is 12.8 Å². The summed E-state index contributed by atoms with van der Waals surface area (Å²) < 4.78 is 62.7. The minimum atomic E-state index is -4.98. The molecule has 0 radical (unpaired) electrons. The fourth-order valence-electron chi connectivity index (χ4n) is 0.522. The average Bonchev–Trinajstić information content (AvgIpc) is 1.94. The molecule has 0 aliphatic rings. The van der Waals surface area contributed by atoms with Crippen LogP contribution >= 0.6 is 0 Å². The number of carbonyl (C=O) groups is 2. The third-order valence-electron chi connectivity index (χ3n) is 0.930. The van der Waals surface area contributed by atoms with Crippen molar-refractivity contribution in [3.8, 4) is 0 Å². The maximum atomic E-state index is 10.5. The van der Waals surface area contributed by atoms with Gasteiger partial charge >= 0.3 is 62.3 Å². The molecule has 0 aliphatic heterocycles. The molecule has 0 amide bonds. The second kappa shape index (κ2) is 7.25. The molecule has 0 unspecified atom stereocenters. The van der Waals surface area contributed by atoms with Crippen LogP contribution in [0.5, 0.6) is 0 Å². The van der Waals surface area contributed by atoms with Gasteiger partial charge in [-0.25, -0.2) is 0 Å². The fraction of sp³-hybridized carbons (Fsp3) is 0.500. The monoisotopic (exact) mass is 302 g/mol. The quantitative estimate of drug-likeness (QED) is 0.374. The van der Waals surface area contributed by atoms with Gasteiger partial charge in [0.2, 0.25) is 0 Å². The van der Waals surface area contributed by atoms with Crippen molar-refractivity contribution >= 4 is 32.7 Å². The van der Waals surface area contributed by atoms with E-state index >= 15 is 0 Å². The molecule has 0 rings (SSSR count). The van der Waals surface area contributed by atoms with E-state index in [0.717, 1.165) is 0 Å². The molecule has 13 heteroatoms. The molecular formula is C4H7NaO10S2. The summed E-state index contributed by atoms with van der Waals surface area (Å²) in [5.41, 5.74) is 0. The average molecular weight is 302 g/mol. The molecule has 0 bridgehead atoms. The second-order valence-electron chi connectivity index (χ2n) is 2.27. The zero-order chi connectivity index (χ0) is 13.0. The topological polar surface area (TPSA) is 161 Å². The summed E-state index contributed by atoms with van der Waals surface area (Å²) in [5.74, 6) is -2.98. The minimum Gasteiger partial charge on any atom is -1.00 e. The Morgan fingerprint density at radius 3 is 1.29 bits per heavy atom. The van der Waals surface area contributed by atoms with Gasteiger partial charge in [-0.2, -0.15) is 16.8 Å². The molecule has 0 aromatic heterocycles. The van der Waals surface area contributed by atoms with E-state index < -0.39 is 45.6 Å². The van der Waals surface area contributed by atoms with Gasteiger partial charge in [0.25, 0.3) is 0 Å². The van der Waals surface area contributed by atoms with Crippen molar-refractivity contribution in [1.29, 1.82) is 0 Å². The normalized spacial score (nSPS) is 11.2. The molecule has 17 heavy (non-hydrogen) atoms. The van der Waals surface area contributed by atoms with Crippen molar-refractivity contribution in [3.05, 3.63) is 0 Å². The molecule has 0 saturated carbocycles. The molecular weight excluding hydrogens is 295 g/mol. The van der Waals surface area contributed by atoms with Gasteiger partial charge in [0.1, 0.15) is 0 Å². The van der Waals surface area contributed by atoms with E-state index in [9.17, 15) is 26.4 Å². The Morgan fingerprint density at radius 1 is 0.882 bits per heavy atom. The summed E-state index contributed by atoms with van der Waals surface area (Å²) in [6, 6.07) is 0. The summed E-state index contributed by atoms with van der Waals surface area (Å²) in [6.07, 6.45) is -1.71. The number of hydrogen-bond acceptors (Lipinski definition) is 8. The van der Waals surface area contributed by atoms with E-state index in [1.54, 1.807) is 0 Å². The molecule has 2 N–H and O–H groups in total. The standard InChI is InChI=1S/C4H6O10S2.Na.H/c5-3(13-15(7,8)9)1-2-4(6)14-16(10,11)12;;/h1-2H2,(H,7,8,9)(H,10,11,12);;/q;+1;-1. The first kappa shape index (κ1) is 19.1. The molecule has 0 spiro atoms. The zero-order valence-electron chi connectivity index (χ0n) is 9.39. The van der Waals surface area contributed by atoms with E-state index in [1.807, 2.05) is 0 Å². The summed E-state index contributed by atoms with van der Waals surface area (Å²) in [5, 5.41) is 0. The van der Waals surface area contributed by atoms with Gasteiger partial charge < -0.3 is 9.79 Å². The van der Waals surface area contributed by atoms with Crippen LogP contribution in [0.15, 0.2) is 0 Å². The van der Waals surface area contributed by atoms with Crippen LogP contribution in [0.25, 0.3) is 0 Å². The number of carbonyl (C=O) groups excluding carboxylic acids is 2. The van der Waals surface area contributed by atoms with Crippen molar-refractivity contribution in [2.24, 2.45) is 0 Å². The molecule has 0 atom stereocenters. The van der Waals surface area contributed by atoms with Crippen molar-refractivity contribution in [1.82, 2.24) is 0 Å². The van der Waals surface area contributed by atoms with Crippen LogP contribution < -0.4 is 29.6 Å².